The number of hydrogen-bond acceptors (Lipinski definition) is 4. The monoisotopic (exact) mass is 267 g/mol. The molecule has 0 aromatic carbocycles. The van der Waals surface area contributed by atoms with Crippen molar-refractivity contribution in [2.45, 2.75) is 19.1 Å². The van der Waals surface area contributed by atoms with Crippen LogP contribution in [0.25, 0.3) is 5.52 Å². The predicted octanol–water partition coefficient (Wildman–Crippen LogP) is 0.802. The molecule has 0 bridgehead atoms. The molecular weight excluding hydrogens is 254 g/mol. The Hall–Kier alpha value is -1.89. The number of sulfonamides is 1. The van der Waals surface area contributed by atoms with E-state index in [0.29, 0.717) is 5.52 Å². The number of carbonyl (C=O) groups excluding carboxylic acids is 1. The second kappa shape index (κ2) is 4.41. The van der Waals surface area contributed by atoms with E-state index in [1.54, 1.807) is 24.4 Å². The van der Waals surface area contributed by atoms with E-state index in [1.807, 2.05) is 4.72 Å². The highest BCUT2D eigenvalue weighted by molar-refractivity contribution is 7.90. The zero-order valence-corrected chi connectivity index (χ0v) is 10.8. The first-order valence-corrected chi connectivity index (χ1v) is 6.95. The minimum Gasteiger partial charge on any atom is -0.268 e. The van der Waals surface area contributed by atoms with Gasteiger partial charge in [0.2, 0.25) is 10.0 Å². The molecule has 0 unspecified atom stereocenters. The van der Waals surface area contributed by atoms with Crippen molar-refractivity contribution in [3.63, 3.8) is 0 Å². The fourth-order valence-electron chi connectivity index (χ4n) is 1.41. The minimum absolute atomic E-state index is 0.236. The third-order valence-electron chi connectivity index (χ3n) is 2.53. The fourth-order valence-corrected chi connectivity index (χ4v) is 2.02. The Labute approximate surface area is 105 Å². The fraction of sp³-hybridized carbons (Fsp3) is 0.273. The number of fused-ring (bicyclic) bond motifs is 1. The molecule has 0 aliphatic carbocycles. The number of carbonyl (C=O) groups is 1. The van der Waals surface area contributed by atoms with E-state index < -0.39 is 21.2 Å². The molecule has 0 spiro atoms. The van der Waals surface area contributed by atoms with Crippen molar-refractivity contribution in [3.05, 3.63) is 36.2 Å². The summed E-state index contributed by atoms with van der Waals surface area (Å²) < 4.78 is 26.8. The zero-order valence-electron chi connectivity index (χ0n) is 9.99. The molecule has 1 amide bonds. The van der Waals surface area contributed by atoms with Crippen LogP contribution in [0.2, 0.25) is 0 Å². The van der Waals surface area contributed by atoms with Crippen LogP contribution in [0.1, 0.15) is 24.2 Å². The summed E-state index contributed by atoms with van der Waals surface area (Å²) >= 11 is 0. The number of amides is 1. The number of nitrogens with one attached hydrogen (secondary N) is 1. The van der Waals surface area contributed by atoms with Crippen LogP contribution in [0, 0.1) is 0 Å². The van der Waals surface area contributed by atoms with Crippen molar-refractivity contribution in [1.29, 1.82) is 0 Å². The van der Waals surface area contributed by atoms with Gasteiger partial charge in [0.25, 0.3) is 5.91 Å². The highest BCUT2D eigenvalue weighted by Crippen LogP contribution is 2.10. The van der Waals surface area contributed by atoms with E-state index >= 15 is 0 Å². The lowest BCUT2D eigenvalue weighted by Gasteiger charge is -2.08. The molecule has 1 N–H and O–H groups in total. The van der Waals surface area contributed by atoms with Gasteiger partial charge in [0, 0.05) is 6.20 Å². The quantitative estimate of drug-likeness (QED) is 0.892. The van der Waals surface area contributed by atoms with Gasteiger partial charge in [-0.05, 0) is 26.0 Å². The van der Waals surface area contributed by atoms with Gasteiger partial charge in [0.15, 0.2) is 0 Å². The van der Waals surface area contributed by atoms with Crippen LogP contribution in [-0.4, -0.2) is 29.2 Å². The largest absolute Gasteiger partial charge is 0.268 e. The Morgan fingerprint density at radius 1 is 1.39 bits per heavy atom. The Morgan fingerprint density at radius 2 is 2.11 bits per heavy atom. The molecule has 2 rings (SSSR count). The second-order valence-electron chi connectivity index (χ2n) is 4.11. The minimum atomic E-state index is -3.63. The van der Waals surface area contributed by atoms with Crippen molar-refractivity contribution in [2.24, 2.45) is 0 Å². The molecule has 2 heterocycles. The van der Waals surface area contributed by atoms with Gasteiger partial charge >= 0.3 is 0 Å². The van der Waals surface area contributed by atoms with Crippen molar-refractivity contribution in [3.8, 4) is 0 Å². The van der Waals surface area contributed by atoms with E-state index in [1.165, 1.54) is 24.6 Å². The van der Waals surface area contributed by atoms with Gasteiger partial charge in [-0.3, -0.25) is 4.79 Å². The highest BCUT2D eigenvalue weighted by atomic mass is 32.2. The van der Waals surface area contributed by atoms with E-state index in [0.717, 1.165) is 0 Å². The number of aromatic nitrogens is 2. The van der Waals surface area contributed by atoms with Crippen LogP contribution in [0.15, 0.2) is 30.6 Å². The highest BCUT2D eigenvalue weighted by Gasteiger charge is 2.21. The van der Waals surface area contributed by atoms with Crippen molar-refractivity contribution < 1.29 is 13.2 Å². The van der Waals surface area contributed by atoms with Crippen molar-refractivity contribution in [2.75, 3.05) is 0 Å². The molecule has 7 heteroatoms. The standard InChI is InChI=1S/C11H13N3O3S/c1-8(2)18(16,17)13-11(15)9-7-12-14-6-4-3-5-10(9)14/h3-8H,1-2H3,(H,13,15). The SMILES string of the molecule is CC(C)S(=O)(=O)NC(=O)c1cnn2ccccc12. The zero-order chi connectivity index (χ0) is 13.3. The smallest absolute Gasteiger partial charge is 0.268 e. The Kier molecular flexibility index (Phi) is 3.08. The van der Waals surface area contributed by atoms with E-state index in [4.69, 9.17) is 0 Å². The Balaban J connectivity index is 2.36. The van der Waals surface area contributed by atoms with Gasteiger partial charge in [-0.1, -0.05) is 6.07 Å². The number of nitrogens with zero attached hydrogens (tertiary/aromatic N) is 2. The van der Waals surface area contributed by atoms with Crippen LogP contribution in [0.5, 0.6) is 0 Å². The van der Waals surface area contributed by atoms with Crippen molar-refractivity contribution in [1.82, 2.24) is 14.3 Å². The summed E-state index contributed by atoms with van der Waals surface area (Å²) in [6.45, 7) is 3.01. The maximum Gasteiger partial charge on any atom is 0.268 e. The summed E-state index contributed by atoms with van der Waals surface area (Å²) in [5, 5.41) is 3.31. The number of hydrogen-bond donors (Lipinski definition) is 1. The lowest BCUT2D eigenvalue weighted by Crippen LogP contribution is -2.35. The van der Waals surface area contributed by atoms with Gasteiger partial charge in [-0.2, -0.15) is 5.10 Å². The lowest BCUT2D eigenvalue weighted by atomic mass is 10.2. The molecule has 0 aliphatic heterocycles. The van der Waals surface area contributed by atoms with Crippen molar-refractivity contribution >= 4 is 21.4 Å². The molecule has 2 aromatic rings. The molecule has 0 atom stereocenters. The topological polar surface area (TPSA) is 80.5 Å². The molecule has 0 saturated carbocycles. The van der Waals surface area contributed by atoms with Crippen LogP contribution >= 0.6 is 0 Å². The summed E-state index contributed by atoms with van der Waals surface area (Å²) in [5.41, 5.74) is 0.800. The molecule has 6 nitrogen and oxygen atoms in total. The third kappa shape index (κ3) is 2.21. The number of rotatable bonds is 3. The molecule has 18 heavy (non-hydrogen) atoms. The van der Waals surface area contributed by atoms with Gasteiger partial charge in [-0.25, -0.2) is 17.7 Å². The van der Waals surface area contributed by atoms with Gasteiger partial charge in [-0.15, -0.1) is 0 Å². The molecule has 96 valence electrons. The van der Waals surface area contributed by atoms with Crippen LogP contribution in [-0.2, 0) is 10.0 Å². The summed E-state index contributed by atoms with van der Waals surface area (Å²) in [5.74, 6) is -0.662. The molecule has 0 saturated heterocycles. The van der Waals surface area contributed by atoms with E-state index in [-0.39, 0.29) is 5.56 Å². The molecule has 0 aliphatic rings. The molecule has 2 aromatic heterocycles. The summed E-state index contributed by atoms with van der Waals surface area (Å²) in [6.07, 6.45) is 3.03. The first-order valence-electron chi connectivity index (χ1n) is 5.40. The van der Waals surface area contributed by atoms with E-state index in [2.05, 4.69) is 5.10 Å². The average molecular weight is 267 g/mol. The predicted molar refractivity (Wildman–Crippen MR) is 66.7 cm³/mol. The summed E-state index contributed by atoms with van der Waals surface area (Å²) in [4.78, 5) is 11.9. The maximum absolute atomic E-state index is 11.9. The second-order valence-corrected chi connectivity index (χ2v) is 6.35. The van der Waals surface area contributed by atoms with Gasteiger partial charge in [0.1, 0.15) is 0 Å². The van der Waals surface area contributed by atoms with Gasteiger partial charge in [0.05, 0.1) is 22.5 Å². The first-order chi connectivity index (χ1) is 8.42. The summed E-state index contributed by atoms with van der Waals surface area (Å²) in [6, 6.07) is 5.22. The molecule has 0 radical (unpaired) electrons. The van der Waals surface area contributed by atoms with Crippen LogP contribution in [0.3, 0.4) is 0 Å². The van der Waals surface area contributed by atoms with Crippen LogP contribution in [0.4, 0.5) is 0 Å². The number of pyridine rings is 1. The maximum atomic E-state index is 11.9. The Bertz CT molecular complexity index is 688. The summed E-state index contributed by atoms with van der Waals surface area (Å²) in [7, 11) is -3.63. The Morgan fingerprint density at radius 3 is 2.78 bits per heavy atom. The van der Waals surface area contributed by atoms with E-state index in [9.17, 15) is 13.2 Å². The third-order valence-corrected chi connectivity index (χ3v) is 4.24. The molecule has 0 fully saturated rings. The van der Waals surface area contributed by atoms with Gasteiger partial charge < -0.3 is 0 Å². The average Bonchev–Trinajstić information content (AvgIpc) is 2.71. The lowest BCUT2D eigenvalue weighted by molar-refractivity contribution is 0.0982. The first kappa shape index (κ1) is 12.6. The molecular formula is C11H13N3O3S. The normalized spacial score (nSPS) is 11.9. The van der Waals surface area contributed by atoms with Crippen LogP contribution < -0.4 is 4.72 Å².